The highest BCUT2D eigenvalue weighted by molar-refractivity contribution is 5.92. The second kappa shape index (κ2) is 7.14. The van der Waals surface area contributed by atoms with Gasteiger partial charge in [0, 0.05) is 0 Å². The molecular weight excluding hydrogens is 296 g/mol. The molecule has 0 radical (unpaired) electrons. The zero-order valence-electron chi connectivity index (χ0n) is 13.7. The van der Waals surface area contributed by atoms with Crippen LogP contribution in [0.1, 0.15) is 23.6 Å². The van der Waals surface area contributed by atoms with E-state index >= 15 is 0 Å². The van der Waals surface area contributed by atoms with Crippen LogP contribution >= 0.6 is 0 Å². The Morgan fingerprint density at radius 1 is 0.708 bits per heavy atom. The summed E-state index contributed by atoms with van der Waals surface area (Å²) in [5.41, 5.74) is 1.74. The monoisotopic (exact) mass is 316 g/mol. The summed E-state index contributed by atoms with van der Waals surface area (Å²) in [6, 6.07) is 29.5. The third-order valence-electron chi connectivity index (χ3n) is 4.20. The van der Waals surface area contributed by atoms with Crippen LogP contribution in [0.25, 0.3) is 0 Å². The summed E-state index contributed by atoms with van der Waals surface area (Å²) in [6.45, 7) is 2.18. The Morgan fingerprint density at radius 3 is 1.33 bits per heavy atom. The Labute approximate surface area is 142 Å². The number of hydrogen-bond acceptors (Lipinski definition) is 2. The van der Waals surface area contributed by atoms with Crippen LogP contribution in [-0.2, 0) is 14.9 Å². The summed E-state index contributed by atoms with van der Waals surface area (Å²) < 4.78 is 5.53. The third kappa shape index (κ3) is 2.71. The molecule has 0 saturated carbocycles. The van der Waals surface area contributed by atoms with Crippen molar-refractivity contribution in [2.24, 2.45) is 0 Å². The highest BCUT2D eigenvalue weighted by Gasteiger charge is 2.45. The van der Waals surface area contributed by atoms with Gasteiger partial charge in [0.25, 0.3) is 0 Å². The van der Waals surface area contributed by atoms with Crippen molar-refractivity contribution in [3.63, 3.8) is 0 Å². The van der Waals surface area contributed by atoms with Crippen LogP contribution in [0.15, 0.2) is 91.0 Å². The molecule has 3 aromatic carbocycles. The first-order valence-electron chi connectivity index (χ1n) is 8.14. The molecule has 0 heterocycles. The fourth-order valence-corrected chi connectivity index (χ4v) is 3.16. The van der Waals surface area contributed by atoms with Crippen molar-refractivity contribution >= 4 is 5.97 Å². The van der Waals surface area contributed by atoms with E-state index in [9.17, 15) is 4.79 Å². The molecule has 0 fully saturated rings. The summed E-state index contributed by atoms with van der Waals surface area (Å²) in [6.07, 6.45) is 0. The fourth-order valence-electron chi connectivity index (χ4n) is 3.16. The first-order valence-corrected chi connectivity index (χ1v) is 8.14. The standard InChI is InChI=1S/C22H20O2/c1-2-24-21(23)22(18-12-6-3-7-13-18,19-14-8-4-9-15-19)20-16-10-5-11-17-20/h3-17H,2H2,1H3. The lowest BCUT2D eigenvalue weighted by Gasteiger charge is -2.33. The molecule has 2 heteroatoms. The average Bonchev–Trinajstić information content (AvgIpc) is 2.65. The van der Waals surface area contributed by atoms with Gasteiger partial charge in [-0.05, 0) is 23.6 Å². The highest BCUT2D eigenvalue weighted by Crippen LogP contribution is 2.40. The van der Waals surface area contributed by atoms with E-state index in [4.69, 9.17) is 4.74 Å². The number of rotatable bonds is 5. The average molecular weight is 316 g/mol. The maximum absolute atomic E-state index is 13.2. The fraction of sp³-hybridized carbons (Fsp3) is 0.136. The summed E-state index contributed by atoms with van der Waals surface area (Å²) >= 11 is 0. The van der Waals surface area contributed by atoms with Crippen LogP contribution in [-0.4, -0.2) is 12.6 Å². The summed E-state index contributed by atoms with van der Waals surface area (Å²) in [5.74, 6) is -0.256. The van der Waals surface area contributed by atoms with Crippen LogP contribution in [0.5, 0.6) is 0 Å². The Bertz CT molecular complexity index is 683. The zero-order valence-corrected chi connectivity index (χ0v) is 13.7. The van der Waals surface area contributed by atoms with Crippen molar-refractivity contribution in [2.75, 3.05) is 6.61 Å². The van der Waals surface area contributed by atoms with Crippen LogP contribution in [0.4, 0.5) is 0 Å². The molecule has 0 aliphatic rings. The molecule has 3 aromatic rings. The molecule has 0 aliphatic carbocycles. The molecule has 2 nitrogen and oxygen atoms in total. The van der Waals surface area contributed by atoms with Gasteiger partial charge in [0.1, 0.15) is 5.41 Å². The van der Waals surface area contributed by atoms with E-state index in [0.717, 1.165) is 16.7 Å². The quantitative estimate of drug-likeness (QED) is 0.508. The lowest BCUT2D eigenvalue weighted by Crippen LogP contribution is -2.40. The third-order valence-corrected chi connectivity index (χ3v) is 4.20. The van der Waals surface area contributed by atoms with Gasteiger partial charge in [-0.1, -0.05) is 91.0 Å². The smallest absolute Gasteiger partial charge is 0.325 e. The van der Waals surface area contributed by atoms with Crippen LogP contribution in [0, 0.1) is 0 Å². The van der Waals surface area contributed by atoms with Crippen LogP contribution < -0.4 is 0 Å². The number of hydrogen-bond donors (Lipinski definition) is 0. The van der Waals surface area contributed by atoms with E-state index in [1.807, 2.05) is 97.9 Å². The minimum atomic E-state index is -0.972. The Morgan fingerprint density at radius 2 is 1.04 bits per heavy atom. The minimum absolute atomic E-state index is 0.256. The van der Waals surface area contributed by atoms with Gasteiger partial charge in [-0.15, -0.1) is 0 Å². The zero-order chi connectivity index (χ0) is 16.8. The molecule has 0 saturated heterocycles. The van der Waals surface area contributed by atoms with E-state index < -0.39 is 5.41 Å². The van der Waals surface area contributed by atoms with E-state index in [-0.39, 0.29) is 5.97 Å². The summed E-state index contributed by atoms with van der Waals surface area (Å²) in [5, 5.41) is 0. The SMILES string of the molecule is CCOC(=O)C(c1ccccc1)(c1ccccc1)c1ccccc1. The maximum atomic E-state index is 13.2. The predicted molar refractivity (Wildman–Crippen MR) is 95.8 cm³/mol. The van der Waals surface area contributed by atoms with Crippen molar-refractivity contribution in [3.8, 4) is 0 Å². The minimum Gasteiger partial charge on any atom is -0.465 e. The van der Waals surface area contributed by atoms with Gasteiger partial charge in [-0.2, -0.15) is 0 Å². The van der Waals surface area contributed by atoms with Gasteiger partial charge >= 0.3 is 5.97 Å². The molecule has 120 valence electrons. The van der Waals surface area contributed by atoms with Crippen molar-refractivity contribution in [1.82, 2.24) is 0 Å². The molecule has 0 aliphatic heterocycles. The molecule has 3 rings (SSSR count). The highest BCUT2D eigenvalue weighted by atomic mass is 16.5. The normalized spacial score (nSPS) is 11.0. The second-order valence-electron chi connectivity index (χ2n) is 5.57. The molecule has 0 amide bonds. The van der Waals surface area contributed by atoms with Gasteiger partial charge in [-0.25, -0.2) is 0 Å². The van der Waals surface area contributed by atoms with Gasteiger partial charge in [0.05, 0.1) is 6.61 Å². The summed E-state index contributed by atoms with van der Waals surface area (Å²) in [4.78, 5) is 13.2. The number of esters is 1. The van der Waals surface area contributed by atoms with Gasteiger partial charge in [0.2, 0.25) is 0 Å². The molecule has 0 N–H and O–H groups in total. The summed E-state index contributed by atoms with van der Waals surface area (Å²) in [7, 11) is 0. The predicted octanol–water partition coefficient (Wildman–Crippen LogP) is 4.58. The lowest BCUT2D eigenvalue weighted by molar-refractivity contribution is -0.146. The van der Waals surface area contributed by atoms with E-state index in [2.05, 4.69) is 0 Å². The number of carbonyl (C=O) groups excluding carboxylic acids is 1. The Kier molecular flexibility index (Phi) is 4.76. The van der Waals surface area contributed by atoms with E-state index in [1.165, 1.54) is 0 Å². The molecule has 24 heavy (non-hydrogen) atoms. The molecule has 0 bridgehead atoms. The van der Waals surface area contributed by atoms with Crippen LogP contribution in [0.2, 0.25) is 0 Å². The number of benzene rings is 3. The number of carbonyl (C=O) groups is 1. The molecule has 0 atom stereocenters. The van der Waals surface area contributed by atoms with Gasteiger partial charge in [0.15, 0.2) is 0 Å². The second-order valence-corrected chi connectivity index (χ2v) is 5.57. The van der Waals surface area contributed by atoms with E-state index in [0.29, 0.717) is 6.61 Å². The lowest BCUT2D eigenvalue weighted by atomic mass is 9.69. The van der Waals surface area contributed by atoms with Crippen molar-refractivity contribution in [1.29, 1.82) is 0 Å². The van der Waals surface area contributed by atoms with Crippen LogP contribution in [0.3, 0.4) is 0 Å². The number of ether oxygens (including phenoxy) is 1. The van der Waals surface area contributed by atoms with Gasteiger partial charge in [-0.3, -0.25) is 4.79 Å². The van der Waals surface area contributed by atoms with Crippen molar-refractivity contribution < 1.29 is 9.53 Å². The topological polar surface area (TPSA) is 26.3 Å². The largest absolute Gasteiger partial charge is 0.465 e. The van der Waals surface area contributed by atoms with Gasteiger partial charge < -0.3 is 4.74 Å². The van der Waals surface area contributed by atoms with Crippen molar-refractivity contribution in [2.45, 2.75) is 12.3 Å². The van der Waals surface area contributed by atoms with E-state index in [1.54, 1.807) is 0 Å². The molecular formula is C22H20O2. The Balaban J connectivity index is 2.35. The molecule has 0 unspecified atom stereocenters. The maximum Gasteiger partial charge on any atom is 0.325 e. The van der Waals surface area contributed by atoms with Crippen molar-refractivity contribution in [3.05, 3.63) is 108 Å². The Hall–Kier alpha value is -2.87. The first kappa shape index (κ1) is 16.0. The molecule has 0 spiro atoms. The first-order chi connectivity index (χ1) is 11.8. The molecule has 0 aromatic heterocycles.